The number of cyclic esters (lactones) is 1. The van der Waals surface area contributed by atoms with Gasteiger partial charge in [0.2, 0.25) is 5.88 Å². The largest absolute Gasteiger partial charge is 0.497 e. The number of rotatable bonds is 7. The number of amides is 1. The lowest BCUT2D eigenvalue weighted by Gasteiger charge is -2.40. The van der Waals surface area contributed by atoms with E-state index in [0.717, 1.165) is 41.2 Å². The number of pyridine rings is 2. The van der Waals surface area contributed by atoms with E-state index in [9.17, 15) is 4.79 Å². The summed E-state index contributed by atoms with van der Waals surface area (Å²) in [6.45, 7) is 2.75. The van der Waals surface area contributed by atoms with Gasteiger partial charge in [-0.25, -0.2) is 9.78 Å². The van der Waals surface area contributed by atoms with Crippen LogP contribution in [0.25, 0.3) is 11.0 Å². The molecule has 4 heterocycles. The van der Waals surface area contributed by atoms with E-state index in [2.05, 4.69) is 20.2 Å². The van der Waals surface area contributed by atoms with Gasteiger partial charge in [-0.05, 0) is 36.4 Å². The van der Waals surface area contributed by atoms with Gasteiger partial charge in [0.15, 0.2) is 0 Å². The van der Waals surface area contributed by atoms with E-state index < -0.39 is 0 Å². The van der Waals surface area contributed by atoms with Crippen LogP contribution in [0.15, 0.2) is 48.7 Å². The smallest absolute Gasteiger partial charge is 0.414 e. The fraction of sp³-hybridized carbons (Fsp3) is 0.348. The Hall–Kier alpha value is -3.59. The Balaban J connectivity index is 1.41. The lowest BCUT2D eigenvalue weighted by molar-refractivity contribution is 0.141. The number of methoxy groups -OCH3 is 2. The van der Waals surface area contributed by atoms with E-state index in [-0.39, 0.29) is 18.2 Å². The summed E-state index contributed by atoms with van der Waals surface area (Å²) in [4.78, 5) is 25.6. The minimum absolute atomic E-state index is 0.279. The van der Waals surface area contributed by atoms with Crippen LogP contribution in [0.3, 0.4) is 0 Å². The maximum atomic E-state index is 12.6. The van der Waals surface area contributed by atoms with Gasteiger partial charge in [-0.1, -0.05) is 0 Å². The van der Waals surface area contributed by atoms with E-state index in [0.29, 0.717) is 19.0 Å². The third-order valence-corrected chi connectivity index (χ3v) is 5.91. The van der Waals surface area contributed by atoms with Crippen LogP contribution in [0, 0.1) is 0 Å². The molecular formula is C23H25N5O4. The van der Waals surface area contributed by atoms with Gasteiger partial charge in [0.25, 0.3) is 0 Å². The third kappa shape index (κ3) is 3.75. The summed E-state index contributed by atoms with van der Waals surface area (Å²) >= 11 is 0. The van der Waals surface area contributed by atoms with Crippen LogP contribution in [0.2, 0.25) is 0 Å². The second kappa shape index (κ2) is 8.51. The minimum Gasteiger partial charge on any atom is -0.497 e. The molecule has 166 valence electrons. The standard InChI is InChI=1S/C23H25N5O4/c1-30-17-5-3-15(4-6-17)28-14-18(32-23(28)29)13-27(16-11-24-12-16)20-9-10-25-19-7-8-21(31-2)26-22(19)20/h3-10,16,18,24H,11-14H2,1-2H3/t18-/m1/s1. The number of aromatic nitrogens is 2. The zero-order valence-corrected chi connectivity index (χ0v) is 18.0. The molecule has 3 aromatic rings. The van der Waals surface area contributed by atoms with E-state index in [1.165, 1.54) is 0 Å². The number of hydrogen-bond acceptors (Lipinski definition) is 8. The molecule has 2 aliphatic rings. The molecule has 0 saturated carbocycles. The average Bonchev–Trinajstić information content (AvgIpc) is 3.16. The Kier molecular flexibility index (Phi) is 5.40. The predicted octanol–water partition coefficient (Wildman–Crippen LogP) is 2.45. The molecule has 2 saturated heterocycles. The van der Waals surface area contributed by atoms with Gasteiger partial charge in [-0.3, -0.25) is 9.88 Å². The number of benzene rings is 1. The highest BCUT2D eigenvalue weighted by Crippen LogP contribution is 2.30. The Morgan fingerprint density at radius 1 is 1.12 bits per heavy atom. The summed E-state index contributed by atoms with van der Waals surface area (Å²) in [6.07, 6.45) is 1.17. The Labute approximate surface area is 185 Å². The van der Waals surface area contributed by atoms with Crippen LogP contribution >= 0.6 is 0 Å². The molecule has 1 amide bonds. The van der Waals surface area contributed by atoms with Crippen molar-refractivity contribution >= 4 is 28.5 Å². The number of anilines is 2. The highest BCUT2D eigenvalue weighted by Gasteiger charge is 2.36. The number of carbonyl (C=O) groups is 1. The van der Waals surface area contributed by atoms with Gasteiger partial charge < -0.3 is 24.4 Å². The summed E-state index contributed by atoms with van der Waals surface area (Å²) in [7, 11) is 3.22. The Morgan fingerprint density at radius 3 is 2.62 bits per heavy atom. The SMILES string of the molecule is COc1ccc(N2C[C@@H](CN(c3ccnc4ccc(OC)nc34)C3CNC3)OC2=O)cc1. The molecule has 1 atom stereocenters. The molecule has 0 spiro atoms. The van der Waals surface area contributed by atoms with Gasteiger partial charge in [-0.15, -0.1) is 0 Å². The van der Waals surface area contributed by atoms with Crippen molar-refractivity contribution in [3.63, 3.8) is 0 Å². The topological polar surface area (TPSA) is 89.1 Å². The number of fused-ring (bicyclic) bond motifs is 1. The van der Waals surface area contributed by atoms with E-state index in [1.807, 2.05) is 36.4 Å². The highest BCUT2D eigenvalue weighted by molar-refractivity contribution is 5.90. The lowest BCUT2D eigenvalue weighted by Crippen LogP contribution is -2.59. The summed E-state index contributed by atoms with van der Waals surface area (Å²) < 4.78 is 16.3. The zero-order chi connectivity index (χ0) is 22.1. The number of nitrogens with one attached hydrogen (secondary N) is 1. The molecule has 2 aromatic heterocycles. The zero-order valence-electron chi connectivity index (χ0n) is 18.0. The molecule has 5 rings (SSSR count). The van der Waals surface area contributed by atoms with Crippen LogP contribution in [-0.2, 0) is 4.74 Å². The summed E-state index contributed by atoms with van der Waals surface area (Å²) in [5.41, 5.74) is 3.31. The molecule has 0 aliphatic carbocycles. The van der Waals surface area contributed by atoms with Gasteiger partial charge in [0.1, 0.15) is 17.4 Å². The highest BCUT2D eigenvalue weighted by atomic mass is 16.6. The van der Waals surface area contributed by atoms with Gasteiger partial charge in [0, 0.05) is 31.0 Å². The van der Waals surface area contributed by atoms with Crippen LogP contribution < -0.4 is 24.6 Å². The molecule has 9 nitrogen and oxygen atoms in total. The fourth-order valence-electron chi connectivity index (χ4n) is 4.09. The van der Waals surface area contributed by atoms with Crippen molar-refractivity contribution in [1.82, 2.24) is 15.3 Å². The molecule has 2 fully saturated rings. The molecule has 32 heavy (non-hydrogen) atoms. The molecule has 0 radical (unpaired) electrons. The number of carbonyl (C=O) groups excluding carboxylic acids is 1. The maximum absolute atomic E-state index is 12.6. The first-order valence-electron chi connectivity index (χ1n) is 10.6. The van der Waals surface area contributed by atoms with E-state index in [4.69, 9.17) is 14.2 Å². The molecule has 9 heteroatoms. The second-order valence-corrected chi connectivity index (χ2v) is 7.83. The quantitative estimate of drug-likeness (QED) is 0.606. The second-order valence-electron chi connectivity index (χ2n) is 7.83. The van der Waals surface area contributed by atoms with Crippen LogP contribution in [-0.4, -0.2) is 68.6 Å². The molecule has 1 N–H and O–H groups in total. The van der Waals surface area contributed by atoms with Gasteiger partial charge in [0.05, 0.1) is 44.6 Å². The summed E-state index contributed by atoms with van der Waals surface area (Å²) in [5.74, 6) is 1.28. The van der Waals surface area contributed by atoms with Gasteiger partial charge >= 0.3 is 6.09 Å². The normalized spacial score (nSPS) is 18.4. The Morgan fingerprint density at radius 2 is 1.94 bits per heavy atom. The molecule has 1 aromatic carbocycles. The third-order valence-electron chi connectivity index (χ3n) is 5.91. The van der Waals surface area contributed by atoms with Crippen molar-refractivity contribution in [3.05, 3.63) is 48.7 Å². The molecule has 0 unspecified atom stereocenters. The molecule has 0 bridgehead atoms. The number of nitrogens with zero attached hydrogens (tertiary/aromatic N) is 4. The first-order valence-corrected chi connectivity index (χ1v) is 10.6. The average molecular weight is 435 g/mol. The lowest BCUT2D eigenvalue weighted by atomic mass is 10.1. The number of hydrogen-bond donors (Lipinski definition) is 1. The first kappa shape index (κ1) is 20.3. The van der Waals surface area contributed by atoms with Crippen molar-refractivity contribution in [3.8, 4) is 11.6 Å². The minimum atomic E-state index is -0.341. The van der Waals surface area contributed by atoms with Crippen molar-refractivity contribution in [2.75, 3.05) is 50.2 Å². The summed E-state index contributed by atoms with van der Waals surface area (Å²) in [6, 6.07) is 13.4. The van der Waals surface area contributed by atoms with Crippen molar-refractivity contribution in [2.45, 2.75) is 12.1 Å². The van der Waals surface area contributed by atoms with Crippen LogP contribution in [0.5, 0.6) is 11.6 Å². The number of ether oxygens (including phenoxy) is 3. The predicted molar refractivity (Wildman–Crippen MR) is 121 cm³/mol. The summed E-state index contributed by atoms with van der Waals surface area (Å²) in [5, 5.41) is 3.33. The van der Waals surface area contributed by atoms with E-state index >= 15 is 0 Å². The van der Waals surface area contributed by atoms with Crippen molar-refractivity contribution in [1.29, 1.82) is 0 Å². The molecule has 2 aliphatic heterocycles. The first-order chi connectivity index (χ1) is 15.7. The van der Waals surface area contributed by atoms with Crippen LogP contribution in [0.1, 0.15) is 0 Å². The van der Waals surface area contributed by atoms with Crippen molar-refractivity contribution < 1.29 is 19.0 Å². The van der Waals surface area contributed by atoms with Crippen LogP contribution in [0.4, 0.5) is 16.2 Å². The monoisotopic (exact) mass is 435 g/mol. The fourth-order valence-corrected chi connectivity index (χ4v) is 4.09. The Bertz CT molecular complexity index is 1120. The van der Waals surface area contributed by atoms with Crippen molar-refractivity contribution in [2.24, 2.45) is 0 Å². The van der Waals surface area contributed by atoms with E-state index in [1.54, 1.807) is 31.4 Å². The maximum Gasteiger partial charge on any atom is 0.414 e. The molecular weight excluding hydrogens is 410 g/mol. The van der Waals surface area contributed by atoms with Gasteiger partial charge in [-0.2, -0.15) is 0 Å².